The van der Waals surface area contributed by atoms with Crippen LogP contribution in [-0.2, 0) is 18.6 Å². The van der Waals surface area contributed by atoms with Crippen LogP contribution >= 0.6 is 15.9 Å². The molecule has 0 bridgehead atoms. The predicted octanol–water partition coefficient (Wildman–Crippen LogP) is 3.27. The Balaban J connectivity index is 3.09. The molecule has 0 aliphatic rings. The van der Waals surface area contributed by atoms with Crippen molar-refractivity contribution >= 4 is 15.9 Å². The summed E-state index contributed by atoms with van der Waals surface area (Å²) in [7, 11) is 1.08. The van der Waals surface area contributed by atoms with Crippen molar-refractivity contribution in [3.63, 3.8) is 0 Å². The van der Waals surface area contributed by atoms with E-state index in [-0.39, 0.29) is 5.33 Å². The number of hydrogen-bond donors (Lipinski definition) is 0. The zero-order valence-corrected chi connectivity index (χ0v) is 10.4. The quantitative estimate of drug-likeness (QED) is 0.623. The summed E-state index contributed by atoms with van der Waals surface area (Å²) in [6, 6.07) is 0. The van der Waals surface area contributed by atoms with Crippen LogP contribution in [0.4, 0.5) is 26.3 Å². The average Bonchev–Trinajstić information content (AvgIpc) is 2.50. The molecule has 1 aromatic rings. The molecule has 0 fully saturated rings. The van der Waals surface area contributed by atoms with Crippen LogP contribution in [0.15, 0.2) is 0 Å². The molecule has 0 unspecified atom stereocenters. The van der Waals surface area contributed by atoms with Crippen molar-refractivity contribution < 1.29 is 31.1 Å². The average molecular weight is 341 g/mol. The van der Waals surface area contributed by atoms with Gasteiger partial charge < -0.3 is 4.74 Å². The maximum absolute atomic E-state index is 12.5. The molecular weight excluding hydrogens is 334 g/mol. The zero-order valence-electron chi connectivity index (χ0n) is 8.86. The van der Waals surface area contributed by atoms with Gasteiger partial charge in [-0.15, -0.1) is 0 Å². The maximum atomic E-state index is 12.5. The Hall–Kier alpha value is -0.930. The lowest BCUT2D eigenvalue weighted by molar-refractivity contribution is -0.154. The number of hydrogen-bond acceptors (Lipinski definition) is 2. The van der Waals surface area contributed by atoms with Crippen LogP contribution in [0, 0.1) is 0 Å². The summed E-state index contributed by atoms with van der Waals surface area (Å²) >= 11 is 2.77. The van der Waals surface area contributed by atoms with Crippen molar-refractivity contribution in [1.82, 2.24) is 9.78 Å². The molecule has 104 valence electrons. The molecule has 3 nitrogen and oxygen atoms in total. The predicted molar refractivity (Wildman–Crippen MR) is 52.4 cm³/mol. The molecule has 0 aromatic carbocycles. The number of aromatic nitrogens is 2. The topological polar surface area (TPSA) is 27.1 Å². The molecule has 0 amide bonds. The van der Waals surface area contributed by atoms with Gasteiger partial charge in [-0.05, 0) is 0 Å². The van der Waals surface area contributed by atoms with Crippen molar-refractivity contribution in [3.05, 3.63) is 11.3 Å². The van der Waals surface area contributed by atoms with Gasteiger partial charge in [0, 0.05) is 12.4 Å². The summed E-state index contributed by atoms with van der Waals surface area (Å²) in [4.78, 5) is 0. The zero-order chi connectivity index (χ0) is 14.1. The molecule has 0 radical (unpaired) electrons. The molecule has 1 heterocycles. The highest BCUT2D eigenvalue weighted by atomic mass is 79.9. The van der Waals surface area contributed by atoms with Gasteiger partial charge in [-0.1, -0.05) is 15.9 Å². The number of nitrogens with zero attached hydrogens (tertiary/aromatic N) is 2. The van der Waals surface area contributed by atoms with Gasteiger partial charge in [-0.25, -0.2) is 4.68 Å². The minimum Gasteiger partial charge on any atom is -0.468 e. The Morgan fingerprint density at radius 2 is 1.78 bits per heavy atom. The standard InChI is InChI=1S/C8H7BrF6N2O/c1-17-6(18-3-7(10,11)12)4(2-9)5(16-17)8(13,14)15/h2-3H2,1H3. The third kappa shape index (κ3) is 3.53. The Labute approximate surface area is 106 Å². The van der Waals surface area contributed by atoms with Gasteiger partial charge >= 0.3 is 12.4 Å². The van der Waals surface area contributed by atoms with Crippen molar-refractivity contribution in [1.29, 1.82) is 0 Å². The monoisotopic (exact) mass is 340 g/mol. The summed E-state index contributed by atoms with van der Waals surface area (Å²) < 4.78 is 78.4. The first kappa shape index (κ1) is 15.1. The first-order valence-corrected chi connectivity index (χ1v) is 5.57. The highest BCUT2D eigenvalue weighted by Crippen LogP contribution is 2.36. The summed E-state index contributed by atoms with van der Waals surface area (Å²) in [5.41, 5.74) is -1.73. The fourth-order valence-corrected chi connectivity index (χ4v) is 1.74. The first-order valence-electron chi connectivity index (χ1n) is 4.45. The highest BCUT2D eigenvalue weighted by molar-refractivity contribution is 9.08. The lowest BCUT2D eigenvalue weighted by Crippen LogP contribution is -2.20. The third-order valence-electron chi connectivity index (χ3n) is 1.86. The molecule has 0 aliphatic heterocycles. The van der Waals surface area contributed by atoms with E-state index in [2.05, 4.69) is 25.8 Å². The van der Waals surface area contributed by atoms with E-state index < -0.39 is 36.1 Å². The van der Waals surface area contributed by atoms with Gasteiger partial charge in [0.1, 0.15) is 0 Å². The number of aryl methyl sites for hydroxylation is 1. The van der Waals surface area contributed by atoms with Crippen LogP contribution in [0.25, 0.3) is 0 Å². The largest absolute Gasteiger partial charge is 0.468 e. The van der Waals surface area contributed by atoms with E-state index in [1.807, 2.05) is 0 Å². The fourth-order valence-electron chi connectivity index (χ4n) is 1.23. The van der Waals surface area contributed by atoms with Crippen LogP contribution in [0.3, 0.4) is 0 Å². The fraction of sp³-hybridized carbons (Fsp3) is 0.625. The van der Waals surface area contributed by atoms with Gasteiger partial charge in [0.25, 0.3) is 0 Å². The van der Waals surface area contributed by atoms with E-state index in [4.69, 9.17) is 0 Å². The number of rotatable bonds is 3. The van der Waals surface area contributed by atoms with Crippen LogP contribution in [-0.4, -0.2) is 22.6 Å². The second kappa shape index (κ2) is 4.98. The maximum Gasteiger partial charge on any atom is 0.435 e. The van der Waals surface area contributed by atoms with E-state index in [9.17, 15) is 26.3 Å². The first-order chi connectivity index (χ1) is 8.06. The van der Waals surface area contributed by atoms with Crippen LogP contribution in [0.1, 0.15) is 11.3 Å². The minimum atomic E-state index is -4.75. The SMILES string of the molecule is Cn1nc(C(F)(F)F)c(CBr)c1OCC(F)(F)F. The van der Waals surface area contributed by atoms with E-state index >= 15 is 0 Å². The Kier molecular flexibility index (Phi) is 4.19. The molecule has 0 saturated heterocycles. The van der Waals surface area contributed by atoms with E-state index in [0.717, 1.165) is 7.05 Å². The molecule has 0 atom stereocenters. The van der Waals surface area contributed by atoms with Crippen LogP contribution < -0.4 is 4.74 Å². The summed E-state index contributed by atoms with van der Waals surface area (Å²) in [5, 5.41) is 2.81. The summed E-state index contributed by atoms with van der Waals surface area (Å²) in [6.07, 6.45) is -9.38. The van der Waals surface area contributed by atoms with E-state index in [1.165, 1.54) is 0 Å². The Morgan fingerprint density at radius 1 is 1.22 bits per heavy atom. The van der Waals surface area contributed by atoms with Crippen LogP contribution in [0.5, 0.6) is 5.88 Å². The molecule has 1 aromatic heterocycles. The molecule has 1 rings (SSSR count). The second-order valence-corrected chi connectivity index (χ2v) is 3.85. The number of alkyl halides is 7. The Bertz CT molecular complexity index is 424. The normalized spacial score (nSPS) is 12.9. The molecule has 0 spiro atoms. The van der Waals surface area contributed by atoms with E-state index in [1.54, 1.807) is 0 Å². The van der Waals surface area contributed by atoms with E-state index in [0.29, 0.717) is 4.68 Å². The molecule has 0 aliphatic carbocycles. The minimum absolute atomic E-state index is 0.317. The molecule has 18 heavy (non-hydrogen) atoms. The second-order valence-electron chi connectivity index (χ2n) is 3.29. The molecule has 10 heteroatoms. The molecule has 0 saturated carbocycles. The van der Waals surface area contributed by atoms with Crippen molar-refractivity contribution in [2.45, 2.75) is 17.7 Å². The lowest BCUT2D eigenvalue weighted by atomic mass is 10.2. The summed E-state index contributed by atoms with van der Waals surface area (Å²) in [6.45, 7) is -1.68. The smallest absolute Gasteiger partial charge is 0.435 e. The van der Waals surface area contributed by atoms with Gasteiger partial charge in [0.15, 0.2) is 12.3 Å². The summed E-state index contributed by atoms with van der Waals surface area (Å²) in [5.74, 6) is -0.559. The van der Waals surface area contributed by atoms with Crippen molar-refractivity contribution in [3.8, 4) is 5.88 Å². The van der Waals surface area contributed by atoms with Gasteiger partial charge in [-0.2, -0.15) is 31.4 Å². The van der Waals surface area contributed by atoms with Gasteiger partial charge in [-0.3, -0.25) is 0 Å². The number of ether oxygens (including phenoxy) is 1. The number of halogens is 7. The van der Waals surface area contributed by atoms with Gasteiger partial charge in [0.2, 0.25) is 5.88 Å². The van der Waals surface area contributed by atoms with Crippen molar-refractivity contribution in [2.24, 2.45) is 7.05 Å². The highest BCUT2D eigenvalue weighted by Gasteiger charge is 2.39. The molecule has 0 N–H and O–H groups in total. The Morgan fingerprint density at radius 3 is 2.17 bits per heavy atom. The van der Waals surface area contributed by atoms with Crippen LogP contribution in [0.2, 0.25) is 0 Å². The van der Waals surface area contributed by atoms with Gasteiger partial charge in [0.05, 0.1) is 5.56 Å². The third-order valence-corrected chi connectivity index (χ3v) is 2.42. The molecular formula is C8H7BrF6N2O. The lowest BCUT2D eigenvalue weighted by Gasteiger charge is -2.10. The van der Waals surface area contributed by atoms with Crippen molar-refractivity contribution in [2.75, 3.05) is 6.61 Å².